The number of hydrogen-bond acceptors (Lipinski definition) is 4. The van der Waals surface area contributed by atoms with Crippen LogP contribution in [-0.4, -0.2) is 58.6 Å². The monoisotopic (exact) mass is 279 g/mol. The Morgan fingerprint density at radius 3 is 2.30 bits per heavy atom. The fraction of sp³-hybridized carbons (Fsp3) is 0.462. The molecule has 1 fully saturated rings. The van der Waals surface area contributed by atoms with Gasteiger partial charge in [-0.15, -0.1) is 0 Å². The lowest BCUT2D eigenvalue weighted by Gasteiger charge is -2.33. The summed E-state index contributed by atoms with van der Waals surface area (Å²) < 4.78 is 0. The van der Waals surface area contributed by atoms with Gasteiger partial charge in [-0.3, -0.25) is 15.0 Å². The third kappa shape index (κ3) is 3.67. The molecule has 0 bridgehead atoms. The molecule has 1 saturated heterocycles. The Bertz CT molecular complexity index is 481. The number of non-ortho nitro benzene ring substituents is 1. The van der Waals surface area contributed by atoms with Crippen LogP contribution in [0.4, 0.5) is 10.5 Å². The van der Waals surface area contributed by atoms with Crippen molar-refractivity contribution in [1.29, 1.82) is 0 Å². The van der Waals surface area contributed by atoms with E-state index in [1.807, 2.05) is 0 Å². The zero-order chi connectivity index (χ0) is 14.5. The predicted octanol–water partition coefficient (Wildman–Crippen LogP) is 1.43. The number of nitro benzene ring substituents is 1. The van der Waals surface area contributed by atoms with Crippen LogP contribution in [0.15, 0.2) is 24.3 Å². The van der Waals surface area contributed by atoms with Crippen molar-refractivity contribution in [1.82, 2.24) is 9.80 Å². The molecule has 1 amide bonds. The average Bonchev–Trinajstić information content (AvgIpc) is 2.46. The maximum Gasteiger partial charge on any atom is 0.407 e. The van der Waals surface area contributed by atoms with E-state index in [0.717, 1.165) is 31.6 Å². The molecule has 0 saturated carbocycles. The Morgan fingerprint density at radius 2 is 1.80 bits per heavy atom. The first kappa shape index (κ1) is 14.3. The zero-order valence-electron chi connectivity index (χ0n) is 11.1. The number of carboxylic acid groups (broad SMARTS) is 1. The smallest absolute Gasteiger partial charge is 0.407 e. The molecule has 20 heavy (non-hydrogen) atoms. The molecule has 7 heteroatoms. The highest BCUT2D eigenvalue weighted by molar-refractivity contribution is 5.65. The molecule has 0 spiro atoms. The summed E-state index contributed by atoms with van der Waals surface area (Å²) in [5.41, 5.74) is 1.15. The Morgan fingerprint density at radius 1 is 1.20 bits per heavy atom. The highest BCUT2D eigenvalue weighted by atomic mass is 16.6. The Hall–Kier alpha value is -2.15. The van der Waals surface area contributed by atoms with E-state index in [9.17, 15) is 14.9 Å². The van der Waals surface area contributed by atoms with Gasteiger partial charge in [0, 0.05) is 44.9 Å². The normalized spacial score (nSPS) is 16.1. The first-order valence-corrected chi connectivity index (χ1v) is 6.50. The van der Waals surface area contributed by atoms with Crippen molar-refractivity contribution >= 4 is 11.8 Å². The van der Waals surface area contributed by atoms with Gasteiger partial charge in [0.2, 0.25) is 0 Å². The van der Waals surface area contributed by atoms with Crippen molar-refractivity contribution in [3.63, 3.8) is 0 Å². The van der Waals surface area contributed by atoms with E-state index >= 15 is 0 Å². The number of carbonyl (C=O) groups is 1. The number of nitrogens with zero attached hydrogens (tertiary/aromatic N) is 3. The fourth-order valence-corrected chi connectivity index (χ4v) is 2.23. The van der Waals surface area contributed by atoms with E-state index < -0.39 is 11.0 Å². The van der Waals surface area contributed by atoms with Crippen molar-refractivity contribution in [3.05, 3.63) is 39.9 Å². The van der Waals surface area contributed by atoms with Gasteiger partial charge in [-0.2, -0.15) is 0 Å². The van der Waals surface area contributed by atoms with E-state index in [-0.39, 0.29) is 5.69 Å². The predicted molar refractivity (Wildman–Crippen MR) is 72.8 cm³/mol. The van der Waals surface area contributed by atoms with E-state index in [2.05, 4.69) is 4.90 Å². The van der Waals surface area contributed by atoms with Crippen LogP contribution in [0.5, 0.6) is 0 Å². The lowest BCUT2D eigenvalue weighted by molar-refractivity contribution is -0.384. The molecule has 1 N–H and O–H groups in total. The zero-order valence-corrected chi connectivity index (χ0v) is 11.1. The first-order chi connectivity index (χ1) is 9.56. The van der Waals surface area contributed by atoms with Gasteiger partial charge in [0.1, 0.15) is 0 Å². The second-order valence-electron chi connectivity index (χ2n) is 4.78. The highest BCUT2D eigenvalue weighted by Crippen LogP contribution is 2.13. The van der Waals surface area contributed by atoms with Gasteiger partial charge in [-0.1, -0.05) is 12.1 Å². The highest BCUT2D eigenvalue weighted by Gasteiger charge is 2.19. The lowest BCUT2D eigenvalue weighted by Crippen LogP contribution is -2.48. The average molecular weight is 279 g/mol. The van der Waals surface area contributed by atoms with E-state index in [1.165, 1.54) is 17.0 Å². The summed E-state index contributed by atoms with van der Waals surface area (Å²) >= 11 is 0. The minimum atomic E-state index is -0.861. The van der Waals surface area contributed by atoms with E-state index in [0.29, 0.717) is 13.1 Å². The summed E-state index contributed by atoms with van der Waals surface area (Å²) in [6, 6.07) is 6.56. The molecule has 0 radical (unpaired) electrons. The molecule has 2 rings (SSSR count). The van der Waals surface area contributed by atoms with Crippen LogP contribution in [-0.2, 0) is 6.42 Å². The molecule has 1 aliphatic rings. The maximum atomic E-state index is 10.8. The maximum absolute atomic E-state index is 10.8. The second-order valence-corrected chi connectivity index (χ2v) is 4.78. The second kappa shape index (κ2) is 6.33. The molecule has 0 aliphatic carbocycles. The number of hydrogen-bond donors (Lipinski definition) is 1. The topological polar surface area (TPSA) is 86.9 Å². The van der Waals surface area contributed by atoms with Gasteiger partial charge in [0.05, 0.1) is 4.92 Å². The molecule has 0 atom stereocenters. The lowest BCUT2D eigenvalue weighted by atomic mass is 10.1. The minimum Gasteiger partial charge on any atom is -0.465 e. The molecular weight excluding hydrogens is 262 g/mol. The van der Waals surface area contributed by atoms with Crippen LogP contribution >= 0.6 is 0 Å². The summed E-state index contributed by atoms with van der Waals surface area (Å²) in [5.74, 6) is 0. The molecule has 108 valence electrons. The number of benzene rings is 1. The molecule has 0 aromatic heterocycles. The van der Waals surface area contributed by atoms with Gasteiger partial charge in [0.25, 0.3) is 5.69 Å². The van der Waals surface area contributed by atoms with Crippen LogP contribution in [0.1, 0.15) is 5.56 Å². The summed E-state index contributed by atoms with van der Waals surface area (Å²) in [5, 5.41) is 19.4. The van der Waals surface area contributed by atoms with Crippen LogP contribution < -0.4 is 0 Å². The molecule has 1 aromatic rings. The standard InChI is InChI=1S/C13H17N3O4/c17-13(18)15-9-7-14(8-10-15)6-5-11-1-3-12(4-2-11)16(19)20/h1-4H,5-10H2,(H,17,18). The number of rotatable bonds is 4. The molecule has 7 nitrogen and oxygen atoms in total. The van der Waals surface area contributed by atoms with Crippen LogP contribution in [0.3, 0.4) is 0 Å². The molecular formula is C13H17N3O4. The minimum absolute atomic E-state index is 0.101. The van der Waals surface area contributed by atoms with E-state index in [1.54, 1.807) is 12.1 Å². The van der Waals surface area contributed by atoms with Gasteiger partial charge in [0.15, 0.2) is 0 Å². The number of nitro groups is 1. The third-order valence-electron chi connectivity index (χ3n) is 3.51. The summed E-state index contributed by atoms with van der Waals surface area (Å²) in [7, 11) is 0. The fourth-order valence-electron chi connectivity index (χ4n) is 2.23. The van der Waals surface area contributed by atoms with Crippen LogP contribution in [0.25, 0.3) is 0 Å². The summed E-state index contributed by atoms with van der Waals surface area (Å²) in [6.07, 6.45) is -0.0505. The molecule has 1 aliphatic heterocycles. The first-order valence-electron chi connectivity index (χ1n) is 6.50. The third-order valence-corrected chi connectivity index (χ3v) is 3.51. The Balaban J connectivity index is 1.78. The van der Waals surface area contributed by atoms with Crippen molar-refractivity contribution in [2.45, 2.75) is 6.42 Å². The van der Waals surface area contributed by atoms with Crippen LogP contribution in [0, 0.1) is 10.1 Å². The van der Waals surface area contributed by atoms with Gasteiger partial charge in [-0.25, -0.2) is 4.79 Å². The Kier molecular flexibility index (Phi) is 4.52. The molecule has 0 unspecified atom stereocenters. The largest absolute Gasteiger partial charge is 0.465 e. The van der Waals surface area contributed by atoms with Crippen molar-refractivity contribution in [2.75, 3.05) is 32.7 Å². The molecule has 1 aromatic carbocycles. The van der Waals surface area contributed by atoms with Gasteiger partial charge >= 0.3 is 6.09 Å². The quantitative estimate of drug-likeness (QED) is 0.665. The van der Waals surface area contributed by atoms with Crippen LogP contribution in [0.2, 0.25) is 0 Å². The van der Waals surface area contributed by atoms with Gasteiger partial charge in [-0.05, 0) is 12.0 Å². The van der Waals surface area contributed by atoms with E-state index in [4.69, 9.17) is 5.11 Å². The molecule has 1 heterocycles. The van der Waals surface area contributed by atoms with Crippen molar-refractivity contribution in [3.8, 4) is 0 Å². The Labute approximate surface area is 116 Å². The summed E-state index contributed by atoms with van der Waals surface area (Å²) in [6.45, 7) is 3.38. The van der Waals surface area contributed by atoms with Gasteiger partial charge < -0.3 is 10.0 Å². The van der Waals surface area contributed by atoms with Crippen molar-refractivity contribution in [2.24, 2.45) is 0 Å². The number of piperazine rings is 1. The number of amides is 1. The SMILES string of the molecule is O=C(O)N1CCN(CCc2ccc([N+](=O)[O-])cc2)CC1. The summed E-state index contributed by atoms with van der Waals surface area (Å²) in [4.78, 5) is 24.5. The van der Waals surface area contributed by atoms with Crippen molar-refractivity contribution < 1.29 is 14.8 Å².